The first-order valence-electron chi connectivity index (χ1n) is 2.92. The minimum Gasteiger partial charge on any atom is -0.399 e. The lowest BCUT2D eigenvalue weighted by Gasteiger charge is -2.02. The number of benzene rings is 1. The molecule has 0 fully saturated rings. The summed E-state index contributed by atoms with van der Waals surface area (Å²) >= 11 is 0. The summed E-state index contributed by atoms with van der Waals surface area (Å²) in [6.45, 7) is 0. The maximum Gasteiger partial charge on any atom is 0.356 e. The van der Waals surface area contributed by atoms with Crippen LogP contribution in [-0.2, 0) is 4.57 Å². The first kappa shape index (κ1) is 8.27. The van der Waals surface area contributed by atoms with Crippen molar-refractivity contribution in [3.05, 3.63) is 24.3 Å². The Kier molecular flexibility index (Phi) is 2.00. The molecule has 0 amide bonds. The van der Waals surface area contributed by atoms with Crippen molar-refractivity contribution in [2.45, 2.75) is 0 Å². The van der Waals surface area contributed by atoms with Gasteiger partial charge < -0.3 is 15.5 Å². The minimum absolute atomic E-state index is 0.00769. The molecule has 0 aromatic heterocycles. The van der Waals surface area contributed by atoms with E-state index in [-0.39, 0.29) is 5.30 Å². The Balaban J connectivity index is 3.09. The average molecular weight is 173 g/mol. The lowest BCUT2D eigenvalue weighted by atomic mass is 10.3. The zero-order chi connectivity index (χ0) is 8.48. The fourth-order valence-electron chi connectivity index (χ4n) is 0.669. The Morgan fingerprint density at radius 3 is 2.00 bits per heavy atom. The largest absolute Gasteiger partial charge is 0.399 e. The molecule has 0 saturated heterocycles. The molecule has 0 radical (unpaired) electrons. The summed E-state index contributed by atoms with van der Waals surface area (Å²) in [5.41, 5.74) is 5.81. The number of anilines is 1. The van der Waals surface area contributed by atoms with Gasteiger partial charge in [0.15, 0.2) is 0 Å². The van der Waals surface area contributed by atoms with E-state index < -0.39 is 7.60 Å². The van der Waals surface area contributed by atoms with Gasteiger partial charge >= 0.3 is 7.60 Å². The number of rotatable bonds is 1. The van der Waals surface area contributed by atoms with Crippen LogP contribution in [0.5, 0.6) is 0 Å². The summed E-state index contributed by atoms with van der Waals surface area (Å²) in [7, 11) is -4.09. The van der Waals surface area contributed by atoms with Gasteiger partial charge in [-0.2, -0.15) is 0 Å². The zero-order valence-corrected chi connectivity index (χ0v) is 6.53. The molecule has 0 aliphatic carbocycles. The number of hydrogen-bond donors (Lipinski definition) is 3. The highest BCUT2D eigenvalue weighted by Crippen LogP contribution is 2.32. The van der Waals surface area contributed by atoms with Crippen LogP contribution >= 0.6 is 7.60 Å². The van der Waals surface area contributed by atoms with E-state index in [1.807, 2.05) is 0 Å². The average Bonchev–Trinajstić information content (AvgIpc) is 1.86. The van der Waals surface area contributed by atoms with Gasteiger partial charge in [-0.15, -0.1) is 0 Å². The molecule has 4 N–H and O–H groups in total. The van der Waals surface area contributed by atoms with Gasteiger partial charge in [-0.25, -0.2) is 0 Å². The molecule has 0 saturated carbocycles. The van der Waals surface area contributed by atoms with Crippen molar-refractivity contribution < 1.29 is 14.4 Å². The van der Waals surface area contributed by atoms with Crippen LogP contribution in [0, 0.1) is 0 Å². The first-order valence-corrected chi connectivity index (χ1v) is 4.53. The van der Waals surface area contributed by atoms with Crippen LogP contribution in [0.3, 0.4) is 0 Å². The summed E-state index contributed by atoms with van der Waals surface area (Å²) in [6, 6.07) is 5.54. The normalized spacial score (nSPS) is 11.5. The van der Waals surface area contributed by atoms with Gasteiger partial charge in [0.05, 0.1) is 5.30 Å². The van der Waals surface area contributed by atoms with Crippen molar-refractivity contribution in [3.8, 4) is 0 Å². The van der Waals surface area contributed by atoms with Gasteiger partial charge in [-0.3, -0.25) is 4.57 Å². The molecule has 4 nitrogen and oxygen atoms in total. The second-order valence-electron chi connectivity index (χ2n) is 2.14. The molecule has 5 heteroatoms. The van der Waals surface area contributed by atoms with E-state index in [2.05, 4.69) is 0 Å². The number of nitrogens with two attached hydrogens (primary N) is 1. The number of hydrogen-bond acceptors (Lipinski definition) is 2. The summed E-state index contributed by atoms with van der Waals surface area (Å²) in [6.07, 6.45) is 0. The Morgan fingerprint density at radius 2 is 1.64 bits per heavy atom. The van der Waals surface area contributed by atoms with Gasteiger partial charge in [-0.05, 0) is 24.3 Å². The molecular weight excluding hydrogens is 165 g/mol. The highest BCUT2D eigenvalue weighted by molar-refractivity contribution is 7.60. The number of nitrogen functional groups attached to an aromatic ring is 1. The van der Waals surface area contributed by atoms with Crippen LogP contribution in [0.25, 0.3) is 0 Å². The Hall–Kier alpha value is -0.830. The molecule has 0 aliphatic heterocycles. The Bertz CT molecular complexity index is 289. The molecular formula is C6H8NO3P. The molecule has 0 unspecified atom stereocenters. The standard InChI is InChI=1S/C6H8NO3P/c7-5-1-3-6(4-2-5)11(8,9)10/h1-4H,7H2,(H2,8,9,10). The van der Waals surface area contributed by atoms with Crippen LogP contribution in [0.2, 0.25) is 0 Å². The summed E-state index contributed by atoms with van der Waals surface area (Å²) in [4.78, 5) is 17.3. The molecule has 0 heterocycles. The van der Waals surface area contributed by atoms with Crippen LogP contribution in [0.1, 0.15) is 0 Å². The van der Waals surface area contributed by atoms with E-state index in [4.69, 9.17) is 15.5 Å². The van der Waals surface area contributed by atoms with Crippen molar-refractivity contribution in [2.24, 2.45) is 0 Å². The first-order chi connectivity index (χ1) is 5.00. The predicted octanol–water partition coefficient (Wildman–Crippen LogP) is 0.0718. The van der Waals surface area contributed by atoms with E-state index in [1.54, 1.807) is 0 Å². The second kappa shape index (κ2) is 2.66. The smallest absolute Gasteiger partial charge is 0.356 e. The zero-order valence-electron chi connectivity index (χ0n) is 5.64. The maximum absolute atomic E-state index is 10.6. The molecule has 0 spiro atoms. The Morgan fingerprint density at radius 1 is 1.18 bits per heavy atom. The highest BCUT2D eigenvalue weighted by Gasteiger charge is 2.15. The SMILES string of the molecule is Nc1ccc(P(=O)(O)O)cc1. The molecule has 0 aliphatic rings. The predicted molar refractivity (Wildman–Crippen MR) is 42.5 cm³/mol. The maximum atomic E-state index is 10.6. The van der Waals surface area contributed by atoms with Gasteiger partial charge in [0.1, 0.15) is 0 Å². The third-order valence-electron chi connectivity index (χ3n) is 1.23. The van der Waals surface area contributed by atoms with Crippen molar-refractivity contribution in [1.82, 2.24) is 0 Å². The second-order valence-corrected chi connectivity index (χ2v) is 3.74. The lowest BCUT2D eigenvalue weighted by Crippen LogP contribution is -2.02. The van der Waals surface area contributed by atoms with Crippen molar-refractivity contribution in [2.75, 3.05) is 5.73 Å². The van der Waals surface area contributed by atoms with Gasteiger partial charge in [0, 0.05) is 5.69 Å². The van der Waals surface area contributed by atoms with Crippen LogP contribution in [0.4, 0.5) is 5.69 Å². The summed E-state index contributed by atoms with van der Waals surface area (Å²) in [5, 5.41) is -0.00769. The van der Waals surface area contributed by atoms with E-state index in [0.29, 0.717) is 5.69 Å². The van der Waals surface area contributed by atoms with Crippen molar-refractivity contribution >= 4 is 18.6 Å². The van der Waals surface area contributed by atoms with Gasteiger partial charge in [0.2, 0.25) is 0 Å². The van der Waals surface area contributed by atoms with Crippen LogP contribution in [-0.4, -0.2) is 9.79 Å². The lowest BCUT2D eigenvalue weighted by molar-refractivity contribution is 0.387. The fraction of sp³-hybridized carbons (Fsp3) is 0. The van der Waals surface area contributed by atoms with Crippen molar-refractivity contribution in [3.63, 3.8) is 0 Å². The molecule has 11 heavy (non-hydrogen) atoms. The van der Waals surface area contributed by atoms with E-state index >= 15 is 0 Å². The van der Waals surface area contributed by atoms with Crippen LogP contribution < -0.4 is 11.0 Å². The topological polar surface area (TPSA) is 83.6 Å². The molecule has 0 atom stereocenters. The van der Waals surface area contributed by atoms with Crippen LogP contribution in [0.15, 0.2) is 24.3 Å². The third kappa shape index (κ3) is 2.05. The van der Waals surface area contributed by atoms with E-state index in [1.165, 1.54) is 24.3 Å². The van der Waals surface area contributed by atoms with Gasteiger partial charge in [0.25, 0.3) is 0 Å². The molecule has 1 rings (SSSR count). The van der Waals surface area contributed by atoms with Crippen molar-refractivity contribution in [1.29, 1.82) is 0 Å². The third-order valence-corrected chi connectivity index (χ3v) is 2.20. The Labute approximate surface area is 63.8 Å². The molecule has 60 valence electrons. The van der Waals surface area contributed by atoms with E-state index in [0.717, 1.165) is 0 Å². The van der Waals surface area contributed by atoms with Gasteiger partial charge in [-0.1, -0.05) is 0 Å². The van der Waals surface area contributed by atoms with E-state index in [9.17, 15) is 4.57 Å². The minimum atomic E-state index is -4.09. The molecule has 0 bridgehead atoms. The molecule has 1 aromatic carbocycles. The quantitative estimate of drug-likeness (QED) is 0.414. The summed E-state index contributed by atoms with van der Waals surface area (Å²) < 4.78 is 10.6. The fourth-order valence-corrected chi connectivity index (χ4v) is 1.21. The highest BCUT2D eigenvalue weighted by atomic mass is 31.2. The monoisotopic (exact) mass is 173 g/mol. The molecule has 1 aromatic rings. The summed E-state index contributed by atoms with van der Waals surface area (Å²) in [5.74, 6) is 0.